The molecule has 3 nitrogen and oxygen atoms in total. The van der Waals surface area contributed by atoms with E-state index in [-0.39, 0.29) is 17.8 Å². The molecular weight excluding hydrogens is 327 g/mol. The first-order valence-electron chi connectivity index (χ1n) is 9.47. The summed E-state index contributed by atoms with van der Waals surface area (Å²) in [5.41, 5.74) is 3.62. The van der Waals surface area contributed by atoms with Crippen LogP contribution in [0.25, 0.3) is 0 Å². The maximum absolute atomic E-state index is 13.2. The Hall–Kier alpha value is -2.23. The second-order valence-electron chi connectivity index (χ2n) is 7.81. The van der Waals surface area contributed by atoms with Gasteiger partial charge in [0.1, 0.15) is 11.5 Å². The van der Waals surface area contributed by atoms with Crippen LogP contribution in [-0.2, 0) is 6.42 Å². The van der Waals surface area contributed by atoms with Crippen LogP contribution in [0.15, 0.2) is 36.4 Å². The number of carbonyl (C=O) groups is 1. The predicted octanol–water partition coefficient (Wildman–Crippen LogP) is 4.85. The largest absolute Gasteiger partial charge is 0.348 e. The van der Waals surface area contributed by atoms with Crippen molar-refractivity contribution in [2.75, 3.05) is 0 Å². The summed E-state index contributed by atoms with van der Waals surface area (Å²) in [6, 6.07) is 10.5. The monoisotopic (exact) mass is 354 g/mol. The highest BCUT2D eigenvalue weighted by molar-refractivity contribution is 5.92. The second kappa shape index (κ2) is 7.98. The molecule has 0 aliphatic heterocycles. The van der Waals surface area contributed by atoms with Gasteiger partial charge >= 0.3 is 0 Å². The van der Waals surface area contributed by atoms with Gasteiger partial charge in [-0.15, -0.1) is 0 Å². The summed E-state index contributed by atoms with van der Waals surface area (Å²) in [4.78, 5) is 17.2. The van der Waals surface area contributed by atoms with Crippen molar-refractivity contribution >= 4 is 5.91 Å². The number of benzene rings is 1. The van der Waals surface area contributed by atoms with Crippen molar-refractivity contribution < 1.29 is 9.18 Å². The molecule has 0 bridgehead atoms. The van der Waals surface area contributed by atoms with Crippen LogP contribution in [0.5, 0.6) is 0 Å². The lowest BCUT2D eigenvalue weighted by Gasteiger charge is -2.16. The van der Waals surface area contributed by atoms with Crippen molar-refractivity contribution in [1.82, 2.24) is 10.3 Å². The highest BCUT2D eigenvalue weighted by atomic mass is 19.1. The molecule has 138 valence electrons. The third kappa shape index (κ3) is 4.90. The Balaban J connectivity index is 1.79. The van der Waals surface area contributed by atoms with Gasteiger partial charge in [-0.05, 0) is 67.3 Å². The van der Waals surface area contributed by atoms with Gasteiger partial charge in [0.2, 0.25) is 0 Å². The molecule has 0 spiro atoms. The third-order valence-electron chi connectivity index (χ3n) is 4.75. The number of carbonyl (C=O) groups excluding carboxylic acids is 1. The topological polar surface area (TPSA) is 42.0 Å². The maximum atomic E-state index is 13.2. The molecule has 1 atom stereocenters. The van der Waals surface area contributed by atoms with Gasteiger partial charge in [-0.3, -0.25) is 4.79 Å². The molecule has 1 fully saturated rings. The minimum absolute atomic E-state index is 0.118. The second-order valence-corrected chi connectivity index (χ2v) is 7.81. The van der Waals surface area contributed by atoms with Crippen LogP contribution in [-0.4, -0.2) is 16.9 Å². The van der Waals surface area contributed by atoms with E-state index in [1.807, 2.05) is 19.1 Å². The van der Waals surface area contributed by atoms with Gasteiger partial charge < -0.3 is 5.32 Å². The molecule has 1 N–H and O–H groups in total. The van der Waals surface area contributed by atoms with Gasteiger partial charge in [0, 0.05) is 18.2 Å². The van der Waals surface area contributed by atoms with Crippen LogP contribution in [0.3, 0.4) is 0 Å². The number of amides is 1. The van der Waals surface area contributed by atoms with Crippen LogP contribution in [0.1, 0.15) is 73.3 Å². The summed E-state index contributed by atoms with van der Waals surface area (Å²) >= 11 is 0. The lowest BCUT2D eigenvalue weighted by molar-refractivity contribution is 0.0931. The average molecular weight is 354 g/mol. The fourth-order valence-electron chi connectivity index (χ4n) is 3.41. The number of nitrogens with zero attached hydrogens (tertiary/aromatic N) is 1. The van der Waals surface area contributed by atoms with E-state index in [2.05, 4.69) is 24.1 Å². The zero-order chi connectivity index (χ0) is 18.7. The van der Waals surface area contributed by atoms with Gasteiger partial charge in [-0.2, -0.15) is 0 Å². The van der Waals surface area contributed by atoms with E-state index >= 15 is 0 Å². The Morgan fingerprint density at radius 1 is 1.15 bits per heavy atom. The van der Waals surface area contributed by atoms with Gasteiger partial charge in [0.25, 0.3) is 5.91 Å². The lowest BCUT2D eigenvalue weighted by atomic mass is 10.0. The van der Waals surface area contributed by atoms with E-state index in [4.69, 9.17) is 0 Å². The van der Waals surface area contributed by atoms with Crippen LogP contribution in [0, 0.1) is 11.7 Å². The highest BCUT2D eigenvalue weighted by Gasteiger charge is 2.27. The Morgan fingerprint density at radius 2 is 1.85 bits per heavy atom. The summed E-state index contributed by atoms with van der Waals surface area (Å²) in [5.74, 6) is 0.719. The fourth-order valence-corrected chi connectivity index (χ4v) is 3.41. The summed E-state index contributed by atoms with van der Waals surface area (Å²) in [6.07, 6.45) is 3.91. The molecule has 3 rings (SSSR count). The molecule has 1 aliphatic rings. The van der Waals surface area contributed by atoms with E-state index in [1.165, 1.54) is 30.5 Å². The van der Waals surface area contributed by atoms with Crippen molar-refractivity contribution in [3.05, 3.63) is 64.7 Å². The van der Waals surface area contributed by atoms with Crippen molar-refractivity contribution in [3.8, 4) is 0 Å². The van der Waals surface area contributed by atoms with Crippen molar-refractivity contribution in [2.45, 2.75) is 58.4 Å². The predicted molar refractivity (Wildman–Crippen MR) is 102 cm³/mol. The van der Waals surface area contributed by atoms with E-state index in [0.29, 0.717) is 24.0 Å². The standard InChI is InChI=1S/C22H27FN2O/c1-14(2)12-15(3)24-22(26)20-11-10-19(17-6-7-17)21(25-20)13-16-4-8-18(23)9-5-16/h4-5,8-11,14-15,17H,6-7,12-13H2,1-3H3,(H,24,26)/t15-/m0/s1. The smallest absolute Gasteiger partial charge is 0.270 e. The van der Waals surface area contributed by atoms with E-state index in [1.54, 1.807) is 12.1 Å². The zero-order valence-electron chi connectivity index (χ0n) is 15.8. The molecule has 0 radical (unpaired) electrons. The first-order valence-corrected chi connectivity index (χ1v) is 9.47. The fraction of sp³-hybridized carbons (Fsp3) is 0.455. The quantitative estimate of drug-likeness (QED) is 0.772. The Bertz CT molecular complexity index is 766. The maximum Gasteiger partial charge on any atom is 0.270 e. The molecule has 0 saturated heterocycles. The van der Waals surface area contributed by atoms with Crippen molar-refractivity contribution in [3.63, 3.8) is 0 Å². The molecule has 4 heteroatoms. The Morgan fingerprint density at radius 3 is 2.46 bits per heavy atom. The number of pyridine rings is 1. The minimum Gasteiger partial charge on any atom is -0.348 e. The Kier molecular flexibility index (Phi) is 5.70. The summed E-state index contributed by atoms with van der Waals surface area (Å²) in [7, 11) is 0. The van der Waals surface area contributed by atoms with E-state index in [9.17, 15) is 9.18 Å². The molecular formula is C22H27FN2O. The van der Waals surface area contributed by atoms with Crippen LogP contribution in [0.2, 0.25) is 0 Å². The number of aromatic nitrogens is 1. The molecule has 1 heterocycles. The lowest BCUT2D eigenvalue weighted by Crippen LogP contribution is -2.34. The molecule has 2 aromatic rings. The van der Waals surface area contributed by atoms with Crippen LogP contribution >= 0.6 is 0 Å². The number of nitrogens with one attached hydrogen (secondary N) is 1. The van der Waals surface area contributed by atoms with Gasteiger partial charge in [0.15, 0.2) is 0 Å². The highest BCUT2D eigenvalue weighted by Crippen LogP contribution is 2.41. The number of rotatable bonds is 7. The molecule has 1 amide bonds. The summed E-state index contributed by atoms with van der Waals surface area (Å²) in [5, 5.41) is 3.04. The number of halogens is 1. The zero-order valence-corrected chi connectivity index (χ0v) is 15.8. The molecule has 1 saturated carbocycles. The van der Waals surface area contributed by atoms with E-state index < -0.39 is 0 Å². The summed E-state index contributed by atoms with van der Waals surface area (Å²) in [6.45, 7) is 6.31. The molecule has 26 heavy (non-hydrogen) atoms. The third-order valence-corrected chi connectivity index (χ3v) is 4.75. The minimum atomic E-state index is -0.239. The van der Waals surface area contributed by atoms with Gasteiger partial charge in [0.05, 0.1) is 0 Å². The van der Waals surface area contributed by atoms with E-state index in [0.717, 1.165) is 17.7 Å². The molecule has 0 unspecified atom stereocenters. The van der Waals surface area contributed by atoms with Gasteiger partial charge in [-0.25, -0.2) is 9.37 Å². The van der Waals surface area contributed by atoms with Gasteiger partial charge in [-0.1, -0.05) is 32.0 Å². The number of hydrogen-bond acceptors (Lipinski definition) is 2. The first kappa shape index (κ1) is 18.6. The Labute approximate surface area is 155 Å². The van der Waals surface area contributed by atoms with Crippen molar-refractivity contribution in [1.29, 1.82) is 0 Å². The SMILES string of the molecule is CC(C)C[C@H](C)NC(=O)c1ccc(C2CC2)c(Cc2ccc(F)cc2)n1. The summed E-state index contributed by atoms with van der Waals surface area (Å²) < 4.78 is 13.2. The average Bonchev–Trinajstić information content (AvgIpc) is 3.41. The van der Waals surface area contributed by atoms with Crippen molar-refractivity contribution in [2.24, 2.45) is 5.92 Å². The normalized spacial score (nSPS) is 15.1. The molecule has 1 aromatic heterocycles. The first-order chi connectivity index (χ1) is 12.4. The molecule has 1 aliphatic carbocycles. The van der Waals surface area contributed by atoms with Crippen LogP contribution in [0.4, 0.5) is 4.39 Å². The van der Waals surface area contributed by atoms with Crippen LogP contribution < -0.4 is 5.32 Å². The number of hydrogen-bond donors (Lipinski definition) is 1. The molecule has 1 aromatic carbocycles.